The highest BCUT2D eigenvalue weighted by molar-refractivity contribution is 4.97. The van der Waals surface area contributed by atoms with Crippen LogP contribution in [0.5, 0.6) is 0 Å². The van der Waals surface area contributed by atoms with Crippen molar-refractivity contribution in [3.8, 4) is 0 Å². The molecule has 170 valence electrons. The van der Waals surface area contributed by atoms with Gasteiger partial charge in [0, 0.05) is 36.3 Å². The van der Waals surface area contributed by atoms with E-state index in [1.807, 2.05) is 0 Å². The number of piperidine rings is 3. The molecule has 0 radical (unpaired) electrons. The van der Waals surface area contributed by atoms with Crippen LogP contribution in [-0.4, -0.2) is 46.1 Å². The number of nitrogens with zero attached hydrogens (tertiary/aromatic N) is 2. The summed E-state index contributed by atoms with van der Waals surface area (Å²) in [4.78, 5) is 5.61. The topological polar surface area (TPSA) is 6.48 Å². The van der Waals surface area contributed by atoms with Gasteiger partial charge >= 0.3 is 0 Å². The second kappa shape index (κ2) is 10.0. The molecule has 0 N–H and O–H groups in total. The molecule has 0 aromatic carbocycles. The fourth-order valence-electron chi connectivity index (χ4n) is 7.49. The van der Waals surface area contributed by atoms with Crippen molar-refractivity contribution in [1.82, 2.24) is 9.80 Å². The van der Waals surface area contributed by atoms with E-state index in [0.29, 0.717) is 0 Å². The van der Waals surface area contributed by atoms with Crippen molar-refractivity contribution in [3.05, 3.63) is 0 Å². The minimum Gasteiger partial charge on any atom is -0.295 e. The maximum absolute atomic E-state index is 2.82. The summed E-state index contributed by atoms with van der Waals surface area (Å²) in [5.41, 5.74) is 0. The van der Waals surface area contributed by atoms with E-state index in [4.69, 9.17) is 0 Å². The summed E-state index contributed by atoms with van der Waals surface area (Å²) < 4.78 is 0. The van der Waals surface area contributed by atoms with Gasteiger partial charge in [-0.05, 0) is 103 Å². The molecule has 0 aromatic heterocycles. The maximum Gasteiger partial charge on any atom is 0.0104 e. The van der Waals surface area contributed by atoms with Crippen LogP contribution in [0, 0.1) is 23.7 Å². The zero-order chi connectivity index (χ0) is 21.3. The molecular weight excluding hydrogens is 352 g/mol. The molecule has 2 heteroatoms. The summed E-state index contributed by atoms with van der Waals surface area (Å²) in [6.07, 6.45) is 13.2. The average molecular weight is 405 g/mol. The molecule has 4 rings (SSSR count). The summed E-state index contributed by atoms with van der Waals surface area (Å²) in [5.74, 6) is 3.78. The lowest BCUT2D eigenvalue weighted by Gasteiger charge is -2.52. The minimum absolute atomic E-state index is 0.758. The highest BCUT2D eigenvalue weighted by Gasteiger charge is 2.42. The minimum atomic E-state index is 0.758. The molecule has 4 bridgehead atoms. The second-order valence-corrected chi connectivity index (χ2v) is 12.2. The highest BCUT2D eigenvalue weighted by Crippen LogP contribution is 2.42. The summed E-state index contributed by atoms with van der Waals surface area (Å²) >= 11 is 0. The van der Waals surface area contributed by atoms with Crippen LogP contribution in [0.2, 0.25) is 0 Å². The van der Waals surface area contributed by atoms with Crippen molar-refractivity contribution >= 4 is 0 Å². The lowest BCUT2D eigenvalue weighted by Crippen LogP contribution is -2.55. The molecule has 4 saturated heterocycles. The van der Waals surface area contributed by atoms with Crippen molar-refractivity contribution < 1.29 is 0 Å². The monoisotopic (exact) mass is 404 g/mol. The van der Waals surface area contributed by atoms with E-state index in [1.54, 1.807) is 0 Å². The van der Waals surface area contributed by atoms with Crippen LogP contribution in [0.1, 0.15) is 113 Å². The molecular formula is C27H52N2. The Morgan fingerprint density at radius 2 is 0.793 bits per heavy atom. The van der Waals surface area contributed by atoms with Gasteiger partial charge in [0.2, 0.25) is 0 Å². The van der Waals surface area contributed by atoms with Gasteiger partial charge in [-0.25, -0.2) is 0 Å². The van der Waals surface area contributed by atoms with Gasteiger partial charge in [0.15, 0.2) is 0 Å². The Morgan fingerprint density at radius 1 is 0.483 bits per heavy atom. The molecule has 4 aliphatic heterocycles. The predicted molar refractivity (Wildman–Crippen MR) is 127 cm³/mol. The standard InChI is InChI=1S/C14H27N.C13H25N/c1-10(2)12-8-13-6-5-7-14(9-12)15(13)11(3)4;1-9(2)11-7-12-5-6-13(8-11)14(12)10(3)4/h10-14H,5-9H2,1-4H3;9-13H,5-8H2,1-4H3. The van der Waals surface area contributed by atoms with Gasteiger partial charge in [0.25, 0.3) is 0 Å². The van der Waals surface area contributed by atoms with Gasteiger partial charge < -0.3 is 0 Å². The zero-order valence-electron chi connectivity index (χ0n) is 21.0. The van der Waals surface area contributed by atoms with Crippen LogP contribution in [0.3, 0.4) is 0 Å². The van der Waals surface area contributed by atoms with Crippen molar-refractivity contribution in [1.29, 1.82) is 0 Å². The van der Waals surface area contributed by atoms with Gasteiger partial charge in [0.05, 0.1) is 0 Å². The first kappa shape index (κ1) is 23.6. The van der Waals surface area contributed by atoms with E-state index in [0.717, 1.165) is 59.9 Å². The fourth-order valence-corrected chi connectivity index (χ4v) is 7.49. The van der Waals surface area contributed by atoms with Crippen LogP contribution in [0.4, 0.5) is 0 Å². The van der Waals surface area contributed by atoms with Crippen molar-refractivity contribution in [2.24, 2.45) is 23.7 Å². The quantitative estimate of drug-likeness (QED) is 0.499. The molecule has 2 nitrogen and oxygen atoms in total. The van der Waals surface area contributed by atoms with Crippen molar-refractivity contribution in [2.45, 2.75) is 149 Å². The fraction of sp³-hybridized carbons (Fsp3) is 1.00. The smallest absolute Gasteiger partial charge is 0.0104 e. The van der Waals surface area contributed by atoms with E-state index in [-0.39, 0.29) is 0 Å². The number of hydrogen-bond donors (Lipinski definition) is 0. The van der Waals surface area contributed by atoms with Gasteiger partial charge in [-0.15, -0.1) is 0 Å². The molecule has 0 aliphatic carbocycles. The number of rotatable bonds is 4. The van der Waals surface area contributed by atoms with Crippen LogP contribution < -0.4 is 0 Å². The van der Waals surface area contributed by atoms with Gasteiger partial charge in [0.1, 0.15) is 0 Å². The third-order valence-corrected chi connectivity index (χ3v) is 8.97. The normalized spacial score (nSPS) is 38.1. The number of fused-ring (bicyclic) bond motifs is 4. The Morgan fingerprint density at radius 3 is 1.07 bits per heavy atom. The van der Waals surface area contributed by atoms with E-state index in [2.05, 4.69) is 65.2 Å². The molecule has 4 heterocycles. The van der Waals surface area contributed by atoms with Gasteiger partial charge in [-0.2, -0.15) is 0 Å². The molecule has 0 aromatic rings. The molecule has 4 fully saturated rings. The SMILES string of the molecule is CC(C)C1CC2CCC(C1)N2C(C)C.CC(C)C1CC2CCCC(C1)N2C(C)C. The summed E-state index contributed by atoms with van der Waals surface area (Å²) in [6.45, 7) is 19.1. The molecule has 0 saturated carbocycles. The van der Waals surface area contributed by atoms with E-state index in [1.165, 1.54) is 57.8 Å². The lowest BCUT2D eigenvalue weighted by molar-refractivity contribution is -0.0195. The first-order valence-electron chi connectivity index (χ1n) is 13.2. The molecule has 4 unspecified atom stereocenters. The second-order valence-electron chi connectivity index (χ2n) is 12.2. The zero-order valence-corrected chi connectivity index (χ0v) is 21.0. The van der Waals surface area contributed by atoms with Crippen molar-refractivity contribution in [2.75, 3.05) is 0 Å². The summed E-state index contributed by atoms with van der Waals surface area (Å²) in [7, 11) is 0. The highest BCUT2D eigenvalue weighted by atomic mass is 15.2. The van der Waals surface area contributed by atoms with Crippen LogP contribution in [-0.2, 0) is 0 Å². The third kappa shape index (κ3) is 5.40. The van der Waals surface area contributed by atoms with Gasteiger partial charge in [-0.3, -0.25) is 9.80 Å². The molecule has 29 heavy (non-hydrogen) atoms. The maximum atomic E-state index is 2.82. The Balaban J connectivity index is 0.000000166. The van der Waals surface area contributed by atoms with Crippen LogP contribution in [0.15, 0.2) is 0 Å². The summed E-state index contributed by atoms with van der Waals surface area (Å²) in [5, 5.41) is 0. The van der Waals surface area contributed by atoms with Crippen molar-refractivity contribution in [3.63, 3.8) is 0 Å². The Labute approximate surface area is 183 Å². The van der Waals surface area contributed by atoms with Crippen LogP contribution in [0.25, 0.3) is 0 Å². The van der Waals surface area contributed by atoms with E-state index < -0.39 is 0 Å². The summed E-state index contributed by atoms with van der Waals surface area (Å²) in [6, 6.07) is 5.17. The molecule has 0 spiro atoms. The lowest BCUT2D eigenvalue weighted by atomic mass is 9.73. The largest absolute Gasteiger partial charge is 0.295 e. The first-order valence-corrected chi connectivity index (χ1v) is 13.2. The van der Waals surface area contributed by atoms with E-state index >= 15 is 0 Å². The van der Waals surface area contributed by atoms with E-state index in [9.17, 15) is 0 Å². The predicted octanol–water partition coefficient (Wildman–Crippen LogP) is 6.98. The molecule has 4 atom stereocenters. The number of hydrogen-bond acceptors (Lipinski definition) is 2. The average Bonchev–Trinajstić information content (AvgIpc) is 2.91. The first-order chi connectivity index (χ1) is 13.7. The molecule has 0 amide bonds. The third-order valence-electron chi connectivity index (χ3n) is 8.97. The Hall–Kier alpha value is -0.0800. The Kier molecular flexibility index (Phi) is 8.15. The van der Waals surface area contributed by atoms with Gasteiger partial charge in [-0.1, -0.05) is 34.1 Å². The molecule has 4 aliphatic rings. The van der Waals surface area contributed by atoms with Crippen LogP contribution >= 0.6 is 0 Å². The Bertz CT molecular complexity index is 469.